The monoisotopic (exact) mass is 288 g/mol. The second-order valence-electron chi connectivity index (χ2n) is 4.96. The summed E-state index contributed by atoms with van der Waals surface area (Å²) < 4.78 is 4.66. The number of ether oxygens (including phenoxy) is 1. The van der Waals surface area contributed by atoms with Gasteiger partial charge in [-0.2, -0.15) is 0 Å². The lowest BCUT2D eigenvalue weighted by Gasteiger charge is -2.24. The first-order chi connectivity index (χ1) is 9.04. The van der Waals surface area contributed by atoms with Gasteiger partial charge in [-0.25, -0.2) is 0 Å². The first-order valence-electron chi connectivity index (χ1n) is 6.68. The Balaban J connectivity index is 2.25. The Morgan fingerprint density at radius 3 is 2.63 bits per heavy atom. The van der Waals surface area contributed by atoms with Gasteiger partial charge in [0.1, 0.15) is 0 Å². The molecule has 1 N–H and O–H groups in total. The lowest BCUT2D eigenvalue weighted by atomic mass is 10.2. The van der Waals surface area contributed by atoms with Crippen molar-refractivity contribution in [3.63, 3.8) is 0 Å². The van der Waals surface area contributed by atoms with Crippen molar-refractivity contribution in [2.75, 3.05) is 39.5 Å². The zero-order chi connectivity index (χ0) is 14.3. The van der Waals surface area contributed by atoms with Crippen LogP contribution in [0.2, 0.25) is 0 Å². The number of nitrogens with zero attached hydrogens (tertiary/aromatic N) is 1. The summed E-state index contributed by atoms with van der Waals surface area (Å²) in [6.07, 6.45) is 2.25. The lowest BCUT2D eigenvalue weighted by molar-refractivity contribution is -0.145. The van der Waals surface area contributed by atoms with E-state index in [0.717, 1.165) is 25.9 Å². The van der Waals surface area contributed by atoms with Gasteiger partial charge in [0, 0.05) is 18.8 Å². The zero-order valence-electron chi connectivity index (χ0n) is 12.0. The molecule has 110 valence electrons. The summed E-state index contributed by atoms with van der Waals surface area (Å²) in [5.74, 6) is 0.0301. The number of thioether (sulfide) groups is 1. The Morgan fingerprint density at radius 2 is 2.05 bits per heavy atom. The van der Waals surface area contributed by atoms with Crippen molar-refractivity contribution in [2.24, 2.45) is 5.92 Å². The molecule has 1 atom stereocenters. The summed E-state index contributed by atoms with van der Waals surface area (Å²) in [6, 6.07) is 0. The minimum Gasteiger partial charge on any atom is -0.469 e. The molecule has 1 heterocycles. The highest BCUT2D eigenvalue weighted by molar-refractivity contribution is 8.00. The molecule has 0 aromatic rings. The van der Waals surface area contributed by atoms with Crippen LogP contribution in [0.5, 0.6) is 0 Å². The average Bonchev–Trinajstić information content (AvgIpc) is 2.44. The Morgan fingerprint density at radius 1 is 1.42 bits per heavy atom. The van der Waals surface area contributed by atoms with E-state index in [2.05, 4.69) is 10.1 Å². The fourth-order valence-corrected chi connectivity index (χ4v) is 3.22. The van der Waals surface area contributed by atoms with Crippen LogP contribution in [0.4, 0.5) is 0 Å². The molecule has 1 rings (SSSR count). The minimum absolute atomic E-state index is 0.0827. The van der Waals surface area contributed by atoms with Crippen LogP contribution in [-0.4, -0.2) is 61.6 Å². The van der Waals surface area contributed by atoms with E-state index >= 15 is 0 Å². The summed E-state index contributed by atoms with van der Waals surface area (Å²) in [6.45, 7) is 4.27. The van der Waals surface area contributed by atoms with Gasteiger partial charge in [-0.05, 0) is 25.9 Å². The zero-order valence-corrected chi connectivity index (χ0v) is 12.8. The fourth-order valence-electron chi connectivity index (χ4n) is 2.05. The highest BCUT2D eigenvalue weighted by Crippen LogP contribution is 2.20. The molecule has 6 heteroatoms. The summed E-state index contributed by atoms with van der Waals surface area (Å²) in [7, 11) is 3.11. The van der Waals surface area contributed by atoms with Gasteiger partial charge in [-0.3, -0.25) is 9.59 Å². The van der Waals surface area contributed by atoms with Gasteiger partial charge in [0.2, 0.25) is 5.91 Å². The van der Waals surface area contributed by atoms with Crippen LogP contribution in [-0.2, 0) is 14.3 Å². The molecule has 1 aliphatic heterocycles. The molecule has 1 fully saturated rings. The van der Waals surface area contributed by atoms with E-state index in [9.17, 15) is 9.59 Å². The number of amides is 1. The molecule has 1 aliphatic rings. The number of hydrogen-bond acceptors (Lipinski definition) is 5. The maximum atomic E-state index is 12.0. The van der Waals surface area contributed by atoms with Crippen LogP contribution in [0.25, 0.3) is 0 Å². The fraction of sp³-hybridized carbons (Fsp3) is 0.846. The SMILES string of the molecule is COC(=O)C(C)CN(C)C(=O)CSC1CCNCC1. The van der Waals surface area contributed by atoms with Gasteiger partial charge in [0.25, 0.3) is 0 Å². The maximum Gasteiger partial charge on any atom is 0.310 e. The first kappa shape index (κ1) is 16.3. The molecule has 0 spiro atoms. The number of nitrogens with one attached hydrogen (secondary N) is 1. The van der Waals surface area contributed by atoms with E-state index in [-0.39, 0.29) is 17.8 Å². The van der Waals surface area contributed by atoms with Crippen molar-refractivity contribution in [3.8, 4) is 0 Å². The van der Waals surface area contributed by atoms with E-state index in [1.54, 1.807) is 30.6 Å². The quantitative estimate of drug-likeness (QED) is 0.731. The van der Waals surface area contributed by atoms with Gasteiger partial charge in [0.05, 0.1) is 18.8 Å². The molecular formula is C13H24N2O3S. The molecule has 1 unspecified atom stereocenters. The van der Waals surface area contributed by atoms with Crippen LogP contribution < -0.4 is 5.32 Å². The van der Waals surface area contributed by atoms with Crippen molar-refractivity contribution < 1.29 is 14.3 Å². The number of hydrogen-bond donors (Lipinski definition) is 1. The molecule has 1 saturated heterocycles. The van der Waals surface area contributed by atoms with Gasteiger partial charge in [-0.15, -0.1) is 11.8 Å². The van der Waals surface area contributed by atoms with Crippen LogP contribution in [0.15, 0.2) is 0 Å². The Bertz CT molecular complexity index is 306. The number of methoxy groups -OCH3 is 1. The predicted molar refractivity (Wildman–Crippen MR) is 77.2 cm³/mol. The van der Waals surface area contributed by atoms with Crippen LogP contribution in [0.1, 0.15) is 19.8 Å². The summed E-state index contributed by atoms with van der Waals surface area (Å²) in [5, 5.41) is 3.89. The molecule has 0 aromatic heterocycles. The number of rotatable bonds is 6. The minimum atomic E-state index is -0.275. The van der Waals surface area contributed by atoms with Crippen LogP contribution in [0.3, 0.4) is 0 Å². The average molecular weight is 288 g/mol. The smallest absolute Gasteiger partial charge is 0.310 e. The van der Waals surface area contributed by atoms with Crippen molar-refractivity contribution in [1.29, 1.82) is 0 Å². The number of carbonyl (C=O) groups is 2. The summed E-state index contributed by atoms with van der Waals surface area (Å²) in [4.78, 5) is 24.9. The molecule has 1 amide bonds. The lowest BCUT2D eigenvalue weighted by Crippen LogP contribution is -2.36. The van der Waals surface area contributed by atoms with E-state index in [0.29, 0.717) is 17.5 Å². The highest BCUT2D eigenvalue weighted by atomic mass is 32.2. The van der Waals surface area contributed by atoms with E-state index in [1.807, 2.05) is 0 Å². The number of carbonyl (C=O) groups excluding carboxylic acids is 2. The molecular weight excluding hydrogens is 264 g/mol. The summed E-state index contributed by atoms with van der Waals surface area (Å²) in [5.41, 5.74) is 0. The second-order valence-corrected chi connectivity index (χ2v) is 6.25. The Hall–Kier alpha value is -0.750. The maximum absolute atomic E-state index is 12.0. The molecule has 0 radical (unpaired) electrons. The van der Waals surface area contributed by atoms with Gasteiger partial charge < -0.3 is 15.0 Å². The van der Waals surface area contributed by atoms with Crippen molar-refractivity contribution in [1.82, 2.24) is 10.2 Å². The number of piperidine rings is 1. The molecule has 0 saturated carbocycles. The van der Waals surface area contributed by atoms with E-state index < -0.39 is 0 Å². The largest absolute Gasteiger partial charge is 0.469 e. The van der Waals surface area contributed by atoms with Crippen molar-refractivity contribution in [3.05, 3.63) is 0 Å². The molecule has 0 aromatic carbocycles. The summed E-state index contributed by atoms with van der Waals surface area (Å²) >= 11 is 1.73. The second kappa shape index (κ2) is 8.43. The predicted octanol–water partition coefficient (Wildman–Crippen LogP) is 0.739. The third kappa shape index (κ3) is 5.82. The normalized spacial score (nSPS) is 17.8. The molecule has 19 heavy (non-hydrogen) atoms. The Labute approximate surface area is 119 Å². The molecule has 0 bridgehead atoms. The Kier molecular flexibility index (Phi) is 7.23. The third-order valence-electron chi connectivity index (χ3n) is 3.31. The van der Waals surface area contributed by atoms with Crippen LogP contribution >= 0.6 is 11.8 Å². The van der Waals surface area contributed by atoms with Crippen molar-refractivity contribution in [2.45, 2.75) is 25.0 Å². The van der Waals surface area contributed by atoms with Crippen LogP contribution in [0, 0.1) is 5.92 Å². The molecule has 0 aliphatic carbocycles. The molecule has 5 nitrogen and oxygen atoms in total. The van der Waals surface area contributed by atoms with Gasteiger partial charge in [0.15, 0.2) is 0 Å². The third-order valence-corrected chi connectivity index (χ3v) is 4.66. The van der Waals surface area contributed by atoms with Gasteiger partial charge in [-0.1, -0.05) is 6.92 Å². The topological polar surface area (TPSA) is 58.6 Å². The van der Waals surface area contributed by atoms with Gasteiger partial charge >= 0.3 is 5.97 Å². The van der Waals surface area contributed by atoms with E-state index in [4.69, 9.17) is 0 Å². The van der Waals surface area contributed by atoms with Crippen molar-refractivity contribution >= 4 is 23.6 Å². The highest BCUT2D eigenvalue weighted by Gasteiger charge is 2.20. The van der Waals surface area contributed by atoms with E-state index in [1.165, 1.54) is 7.11 Å². The first-order valence-corrected chi connectivity index (χ1v) is 7.73. The number of esters is 1. The standard InChI is InChI=1S/C13H24N2O3S/c1-10(13(17)18-3)8-15(2)12(16)9-19-11-4-6-14-7-5-11/h10-11,14H,4-9H2,1-3H3.